The average molecular weight is 364 g/mol. The van der Waals surface area contributed by atoms with Gasteiger partial charge in [-0.15, -0.1) is 0 Å². The number of β-amino-alcohol motifs (C(OH)–C–C–N with tert-alkyl or cyclic N) is 1. The Kier molecular flexibility index (Phi) is 5.02. The lowest BCUT2D eigenvalue weighted by atomic mass is 10.0. The number of ether oxygens (including phenoxy) is 1. The molecule has 1 aliphatic heterocycles. The van der Waals surface area contributed by atoms with Crippen molar-refractivity contribution in [3.63, 3.8) is 0 Å². The fourth-order valence-electron chi connectivity index (χ4n) is 4.43. The van der Waals surface area contributed by atoms with Gasteiger partial charge < -0.3 is 14.9 Å². The van der Waals surface area contributed by atoms with Gasteiger partial charge in [0.05, 0.1) is 23.8 Å². The Morgan fingerprint density at radius 3 is 2.26 bits per heavy atom. The molecule has 2 aromatic rings. The summed E-state index contributed by atoms with van der Waals surface area (Å²) in [6.07, 6.45) is 1.78. The summed E-state index contributed by atoms with van der Waals surface area (Å²) in [6.45, 7) is 2.61. The summed E-state index contributed by atoms with van der Waals surface area (Å²) in [5.74, 6) is 2.27. The predicted octanol–water partition coefficient (Wildman–Crippen LogP) is 3.09. The van der Waals surface area contributed by atoms with E-state index in [9.17, 15) is 10.2 Å². The monoisotopic (exact) mass is 364 g/mol. The van der Waals surface area contributed by atoms with Gasteiger partial charge in [0.2, 0.25) is 0 Å². The van der Waals surface area contributed by atoms with Crippen LogP contribution >= 0.6 is 0 Å². The van der Waals surface area contributed by atoms with E-state index >= 15 is 0 Å². The Morgan fingerprint density at radius 2 is 1.67 bits per heavy atom. The van der Waals surface area contributed by atoms with E-state index in [4.69, 9.17) is 10.00 Å². The molecule has 5 nitrogen and oxygen atoms in total. The van der Waals surface area contributed by atoms with E-state index in [0.717, 1.165) is 37.2 Å². The van der Waals surface area contributed by atoms with Crippen LogP contribution in [0.25, 0.3) is 0 Å². The second kappa shape index (κ2) is 7.59. The van der Waals surface area contributed by atoms with E-state index in [-0.39, 0.29) is 11.9 Å². The van der Waals surface area contributed by atoms with Gasteiger partial charge in [-0.25, -0.2) is 0 Å². The highest BCUT2D eigenvalue weighted by atomic mass is 16.5. The molecule has 0 aromatic heterocycles. The SMILES string of the molecule is N#Cc1ccc(O[C@H]2C[C@@H]3CN(CC(O)c4ccc(O)cc4)C[C@@H]3C2)cc1. The van der Waals surface area contributed by atoms with Crippen molar-refractivity contribution in [2.75, 3.05) is 19.6 Å². The summed E-state index contributed by atoms with van der Waals surface area (Å²) in [5.41, 5.74) is 1.49. The van der Waals surface area contributed by atoms with Crippen molar-refractivity contribution in [1.29, 1.82) is 5.26 Å². The topological polar surface area (TPSA) is 76.7 Å². The first kappa shape index (κ1) is 17.8. The average Bonchev–Trinajstić information content (AvgIpc) is 3.20. The number of phenolic OH excluding ortho intramolecular Hbond substituents is 1. The van der Waals surface area contributed by atoms with E-state index in [0.29, 0.717) is 23.9 Å². The number of benzene rings is 2. The molecule has 1 saturated carbocycles. The van der Waals surface area contributed by atoms with Crippen LogP contribution in [0.5, 0.6) is 11.5 Å². The standard InChI is InChI=1S/C22H24N2O3/c23-11-15-1-7-20(8-2-15)27-21-9-17-12-24(13-18(17)10-21)14-22(26)16-3-5-19(25)6-4-16/h1-8,17-18,21-22,25-26H,9-10,12-14H2/t17-,18+,21+,22?. The van der Waals surface area contributed by atoms with Crippen molar-refractivity contribution >= 4 is 0 Å². The molecule has 2 aromatic carbocycles. The van der Waals surface area contributed by atoms with Crippen LogP contribution in [0.2, 0.25) is 0 Å². The van der Waals surface area contributed by atoms with Gasteiger partial charge >= 0.3 is 0 Å². The molecule has 140 valence electrons. The third kappa shape index (κ3) is 4.08. The highest BCUT2D eigenvalue weighted by molar-refractivity contribution is 5.34. The highest BCUT2D eigenvalue weighted by Gasteiger charge is 2.42. The molecule has 0 radical (unpaired) electrons. The number of aliphatic hydroxyl groups excluding tert-OH is 1. The Morgan fingerprint density at radius 1 is 1.04 bits per heavy atom. The van der Waals surface area contributed by atoms with Crippen molar-refractivity contribution in [3.8, 4) is 17.6 Å². The summed E-state index contributed by atoms with van der Waals surface area (Å²) < 4.78 is 6.11. The molecule has 1 saturated heterocycles. The molecule has 0 bridgehead atoms. The van der Waals surface area contributed by atoms with Gasteiger partial charge in [-0.3, -0.25) is 4.90 Å². The smallest absolute Gasteiger partial charge is 0.119 e. The van der Waals surface area contributed by atoms with Crippen LogP contribution in [0.3, 0.4) is 0 Å². The number of aliphatic hydroxyl groups is 1. The number of phenols is 1. The molecule has 2 fully saturated rings. The molecule has 2 N–H and O–H groups in total. The second-order valence-electron chi connectivity index (χ2n) is 7.69. The minimum absolute atomic E-state index is 0.218. The van der Waals surface area contributed by atoms with Gasteiger partial charge in [0.25, 0.3) is 0 Å². The molecular formula is C22H24N2O3. The molecule has 0 amide bonds. The summed E-state index contributed by atoms with van der Waals surface area (Å²) in [6, 6.07) is 16.2. The molecule has 2 aliphatic rings. The molecule has 27 heavy (non-hydrogen) atoms. The fraction of sp³-hybridized carbons (Fsp3) is 0.409. The number of nitriles is 1. The molecule has 1 aliphatic carbocycles. The van der Waals surface area contributed by atoms with E-state index in [1.807, 2.05) is 12.1 Å². The zero-order valence-electron chi connectivity index (χ0n) is 15.2. The van der Waals surface area contributed by atoms with Crippen LogP contribution in [0.15, 0.2) is 48.5 Å². The minimum atomic E-state index is -0.532. The Hall–Kier alpha value is -2.55. The lowest BCUT2D eigenvalue weighted by molar-refractivity contribution is 0.116. The molecule has 5 heteroatoms. The van der Waals surface area contributed by atoms with Crippen molar-refractivity contribution in [2.24, 2.45) is 11.8 Å². The van der Waals surface area contributed by atoms with E-state index < -0.39 is 6.10 Å². The van der Waals surface area contributed by atoms with Crippen molar-refractivity contribution in [3.05, 3.63) is 59.7 Å². The number of fused-ring (bicyclic) bond motifs is 1. The molecule has 1 unspecified atom stereocenters. The first-order valence-corrected chi connectivity index (χ1v) is 9.47. The molecule has 0 spiro atoms. The van der Waals surface area contributed by atoms with Crippen LogP contribution in [0.4, 0.5) is 0 Å². The van der Waals surface area contributed by atoms with Crippen molar-refractivity contribution in [1.82, 2.24) is 4.90 Å². The lowest BCUT2D eigenvalue weighted by Crippen LogP contribution is -2.28. The maximum atomic E-state index is 10.5. The molecule has 4 atom stereocenters. The first-order valence-electron chi connectivity index (χ1n) is 9.47. The number of hydrogen-bond acceptors (Lipinski definition) is 5. The normalized spacial score (nSPS) is 25.7. The maximum Gasteiger partial charge on any atom is 0.119 e. The zero-order valence-corrected chi connectivity index (χ0v) is 15.2. The summed E-state index contributed by atoms with van der Waals surface area (Å²) in [5, 5.41) is 28.7. The van der Waals surface area contributed by atoms with E-state index in [1.54, 1.807) is 36.4 Å². The molecule has 4 rings (SSSR count). The number of rotatable bonds is 5. The van der Waals surface area contributed by atoms with E-state index in [2.05, 4.69) is 11.0 Å². The number of hydrogen-bond donors (Lipinski definition) is 2. The lowest BCUT2D eigenvalue weighted by Gasteiger charge is -2.22. The Labute approximate surface area is 159 Å². The number of likely N-dealkylation sites (tertiary alicyclic amines) is 1. The van der Waals surface area contributed by atoms with Gasteiger partial charge in [0.15, 0.2) is 0 Å². The van der Waals surface area contributed by atoms with Crippen LogP contribution in [-0.2, 0) is 0 Å². The second-order valence-corrected chi connectivity index (χ2v) is 7.69. The van der Waals surface area contributed by atoms with Gasteiger partial charge in [0.1, 0.15) is 11.5 Å². The Balaban J connectivity index is 1.27. The largest absolute Gasteiger partial charge is 0.508 e. The third-order valence-corrected chi connectivity index (χ3v) is 5.78. The van der Waals surface area contributed by atoms with Gasteiger partial charge in [-0.2, -0.15) is 5.26 Å². The van der Waals surface area contributed by atoms with Crippen LogP contribution in [0, 0.1) is 23.2 Å². The molecule has 1 heterocycles. The summed E-state index contributed by atoms with van der Waals surface area (Å²) >= 11 is 0. The first-order chi connectivity index (χ1) is 13.1. The maximum absolute atomic E-state index is 10.5. The van der Waals surface area contributed by atoms with Crippen LogP contribution in [0.1, 0.15) is 30.1 Å². The number of nitrogens with zero attached hydrogens (tertiary/aromatic N) is 2. The fourth-order valence-corrected chi connectivity index (χ4v) is 4.43. The van der Waals surface area contributed by atoms with Gasteiger partial charge in [0, 0.05) is 19.6 Å². The van der Waals surface area contributed by atoms with Crippen LogP contribution in [-0.4, -0.2) is 40.9 Å². The minimum Gasteiger partial charge on any atom is -0.508 e. The van der Waals surface area contributed by atoms with Crippen LogP contribution < -0.4 is 4.74 Å². The summed E-state index contributed by atoms with van der Waals surface area (Å²) in [4.78, 5) is 2.34. The van der Waals surface area contributed by atoms with Gasteiger partial charge in [-0.05, 0) is 66.6 Å². The van der Waals surface area contributed by atoms with Gasteiger partial charge in [-0.1, -0.05) is 12.1 Å². The summed E-state index contributed by atoms with van der Waals surface area (Å²) in [7, 11) is 0. The molecular weight excluding hydrogens is 340 g/mol. The predicted molar refractivity (Wildman–Crippen MR) is 101 cm³/mol. The Bertz CT molecular complexity index is 799. The quantitative estimate of drug-likeness (QED) is 0.853. The van der Waals surface area contributed by atoms with Crippen molar-refractivity contribution in [2.45, 2.75) is 25.0 Å². The third-order valence-electron chi connectivity index (χ3n) is 5.78. The highest BCUT2D eigenvalue weighted by Crippen LogP contribution is 2.40. The zero-order chi connectivity index (χ0) is 18.8. The van der Waals surface area contributed by atoms with E-state index in [1.165, 1.54) is 0 Å². The number of aromatic hydroxyl groups is 1. The van der Waals surface area contributed by atoms with Crippen molar-refractivity contribution < 1.29 is 14.9 Å².